The molecule has 5 heteroatoms. The largest absolute Gasteiger partial charge is 0.468 e. The summed E-state index contributed by atoms with van der Waals surface area (Å²) in [4.78, 5) is 16.1. The molecule has 1 heterocycles. The van der Waals surface area contributed by atoms with Crippen molar-refractivity contribution in [2.75, 3.05) is 53.9 Å². The number of carbonyl (C=O) groups is 1. The van der Waals surface area contributed by atoms with Gasteiger partial charge in [-0.3, -0.25) is 9.69 Å². The highest BCUT2D eigenvalue weighted by Crippen LogP contribution is 2.02. The third kappa shape index (κ3) is 4.08. The summed E-state index contributed by atoms with van der Waals surface area (Å²) >= 11 is 0. The normalized spacial score (nSPS) is 21.4. The van der Waals surface area contributed by atoms with Crippen LogP contribution in [0, 0.1) is 0 Å². The lowest BCUT2D eigenvalue weighted by Gasteiger charge is -2.24. The van der Waals surface area contributed by atoms with Crippen LogP contribution >= 0.6 is 0 Å². The second kappa shape index (κ2) is 6.83. The average molecular weight is 229 g/mol. The van der Waals surface area contributed by atoms with Crippen LogP contribution < -0.4 is 5.32 Å². The molecule has 0 aromatic heterocycles. The first-order valence-corrected chi connectivity index (χ1v) is 5.83. The van der Waals surface area contributed by atoms with Crippen LogP contribution in [0.3, 0.4) is 0 Å². The molecule has 1 aliphatic heterocycles. The molecule has 0 spiro atoms. The van der Waals surface area contributed by atoms with Gasteiger partial charge in [0.15, 0.2) is 0 Å². The predicted octanol–water partition coefficient (Wildman–Crippen LogP) is -0.615. The molecule has 0 aliphatic carbocycles. The van der Waals surface area contributed by atoms with E-state index < -0.39 is 0 Å². The zero-order valence-corrected chi connectivity index (χ0v) is 10.5. The molecule has 1 saturated heterocycles. The quantitative estimate of drug-likeness (QED) is 0.651. The molecule has 0 radical (unpaired) electrons. The number of methoxy groups -OCH3 is 1. The van der Waals surface area contributed by atoms with Gasteiger partial charge in [-0.05, 0) is 33.6 Å². The molecule has 0 aromatic carbocycles. The van der Waals surface area contributed by atoms with Crippen molar-refractivity contribution in [2.45, 2.75) is 12.5 Å². The van der Waals surface area contributed by atoms with Gasteiger partial charge in [-0.1, -0.05) is 0 Å². The highest BCUT2D eigenvalue weighted by molar-refractivity contribution is 5.75. The molecule has 1 unspecified atom stereocenters. The fraction of sp³-hybridized carbons (Fsp3) is 0.909. The highest BCUT2D eigenvalue weighted by Gasteiger charge is 2.21. The third-order valence-corrected chi connectivity index (χ3v) is 3.09. The maximum atomic E-state index is 11.4. The number of esters is 1. The summed E-state index contributed by atoms with van der Waals surface area (Å²) in [5.74, 6) is -0.180. The van der Waals surface area contributed by atoms with Crippen LogP contribution in [0.2, 0.25) is 0 Å². The minimum atomic E-state index is -0.214. The van der Waals surface area contributed by atoms with Crippen molar-refractivity contribution in [2.24, 2.45) is 0 Å². The number of nitrogens with zero attached hydrogens (tertiary/aromatic N) is 2. The first-order valence-electron chi connectivity index (χ1n) is 5.83. The van der Waals surface area contributed by atoms with Crippen molar-refractivity contribution in [1.29, 1.82) is 0 Å². The van der Waals surface area contributed by atoms with Gasteiger partial charge in [-0.15, -0.1) is 0 Å². The Morgan fingerprint density at radius 3 is 2.75 bits per heavy atom. The molecule has 0 amide bonds. The molecule has 1 fully saturated rings. The van der Waals surface area contributed by atoms with E-state index in [9.17, 15) is 4.79 Å². The van der Waals surface area contributed by atoms with E-state index in [-0.39, 0.29) is 12.0 Å². The Labute approximate surface area is 97.7 Å². The van der Waals surface area contributed by atoms with Gasteiger partial charge in [0.25, 0.3) is 0 Å². The lowest BCUT2D eigenvalue weighted by molar-refractivity contribution is -0.143. The Morgan fingerprint density at radius 2 is 2.12 bits per heavy atom. The Hall–Kier alpha value is -0.650. The zero-order chi connectivity index (χ0) is 12.0. The number of hydrogen-bond acceptors (Lipinski definition) is 5. The molecule has 1 aliphatic rings. The topological polar surface area (TPSA) is 44.8 Å². The molecular formula is C11H23N3O2. The van der Waals surface area contributed by atoms with Crippen molar-refractivity contribution >= 4 is 5.97 Å². The number of likely N-dealkylation sites (N-methyl/N-ethyl adjacent to an activating group) is 2. The van der Waals surface area contributed by atoms with Crippen LogP contribution in [0.15, 0.2) is 0 Å². The first kappa shape index (κ1) is 13.4. The third-order valence-electron chi connectivity index (χ3n) is 3.09. The molecule has 0 bridgehead atoms. The summed E-state index contributed by atoms with van der Waals surface area (Å²) in [6.45, 7) is 5.01. The predicted molar refractivity (Wildman–Crippen MR) is 63.4 cm³/mol. The van der Waals surface area contributed by atoms with Crippen molar-refractivity contribution in [1.82, 2.24) is 15.1 Å². The van der Waals surface area contributed by atoms with Crippen LogP contribution in [0.4, 0.5) is 0 Å². The minimum Gasteiger partial charge on any atom is -0.468 e. The highest BCUT2D eigenvalue weighted by atomic mass is 16.5. The van der Waals surface area contributed by atoms with Crippen LogP contribution in [-0.4, -0.2) is 75.7 Å². The van der Waals surface area contributed by atoms with Gasteiger partial charge in [0.05, 0.1) is 7.11 Å². The number of hydrogen-bond donors (Lipinski definition) is 1. The maximum absolute atomic E-state index is 11.4. The standard InChI is InChI=1S/C11H23N3O2/c1-12-10(11(15)16-3)9-14-6-4-5-13(2)7-8-14/h10,12H,4-9H2,1-3H3. The van der Waals surface area contributed by atoms with Gasteiger partial charge in [-0.2, -0.15) is 0 Å². The number of ether oxygens (including phenoxy) is 1. The number of carbonyl (C=O) groups excluding carboxylic acids is 1. The van der Waals surface area contributed by atoms with Crippen LogP contribution in [0.1, 0.15) is 6.42 Å². The van der Waals surface area contributed by atoms with Crippen molar-refractivity contribution in [3.8, 4) is 0 Å². The summed E-state index contributed by atoms with van der Waals surface area (Å²) in [7, 11) is 5.37. The molecule has 0 saturated carbocycles. The van der Waals surface area contributed by atoms with Crippen molar-refractivity contribution in [3.63, 3.8) is 0 Å². The Bertz CT molecular complexity index is 223. The molecule has 16 heavy (non-hydrogen) atoms. The molecular weight excluding hydrogens is 206 g/mol. The van der Waals surface area contributed by atoms with Gasteiger partial charge >= 0.3 is 5.97 Å². The Kier molecular flexibility index (Phi) is 5.73. The SMILES string of the molecule is CNC(CN1CCCN(C)CC1)C(=O)OC. The first-order chi connectivity index (χ1) is 7.67. The van der Waals surface area contributed by atoms with E-state index in [1.54, 1.807) is 7.05 Å². The summed E-state index contributed by atoms with van der Waals surface area (Å²) in [6, 6.07) is -0.214. The van der Waals surface area contributed by atoms with Gasteiger partial charge in [0, 0.05) is 19.6 Å². The summed E-state index contributed by atoms with van der Waals surface area (Å²) in [5, 5.41) is 3.00. The molecule has 1 atom stereocenters. The molecule has 94 valence electrons. The lowest BCUT2D eigenvalue weighted by Crippen LogP contribution is -2.46. The fourth-order valence-electron chi connectivity index (χ4n) is 1.97. The maximum Gasteiger partial charge on any atom is 0.324 e. The van der Waals surface area contributed by atoms with E-state index in [4.69, 9.17) is 4.74 Å². The average Bonchev–Trinajstić information content (AvgIpc) is 2.50. The smallest absolute Gasteiger partial charge is 0.324 e. The molecule has 1 N–H and O–H groups in total. The summed E-state index contributed by atoms with van der Waals surface area (Å²) in [6.07, 6.45) is 1.16. The van der Waals surface area contributed by atoms with Crippen molar-refractivity contribution < 1.29 is 9.53 Å². The number of nitrogens with one attached hydrogen (secondary N) is 1. The Morgan fingerprint density at radius 1 is 1.38 bits per heavy atom. The van der Waals surface area contributed by atoms with Crippen LogP contribution in [0.5, 0.6) is 0 Å². The monoisotopic (exact) mass is 229 g/mol. The molecule has 1 rings (SSSR count). The minimum absolute atomic E-state index is 0.180. The summed E-state index contributed by atoms with van der Waals surface area (Å²) < 4.78 is 4.76. The van der Waals surface area contributed by atoms with Gasteiger partial charge < -0.3 is 15.0 Å². The second-order valence-electron chi connectivity index (χ2n) is 4.32. The van der Waals surface area contributed by atoms with Gasteiger partial charge in [-0.25, -0.2) is 0 Å². The van der Waals surface area contributed by atoms with E-state index in [2.05, 4.69) is 22.2 Å². The van der Waals surface area contributed by atoms with Gasteiger partial charge in [0.1, 0.15) is 6.04 Å². The van der Waals surface area contributed by atoms with E-state index in [1.807, 2.05) is 0 Å². The summed E-state index contributed by atoms with van der Waals surface area (Å²) in [5.41, 5.74) is 0. The van der Waals surface area contributed by atoms with Crippen molar-refractivity contribution in [3.05, 3.63) is 0 Å². The molecule has 5 nitrogen and oxygen atoms in total. The fourth-order valence-corrected chi connectivity index (χ4v) is 1.97. The van der Waals surface area contributed by atoms with Crippen LogP contribution in [-0.2, 0) is 9.53 Å². The Balaban J connectivity index is 2.41. The number of rotatable bonds is 4. The van der Waals surface area contributed by atoms with E-state index in [0.29, 0.717) is 0 Å². The van der Waals surface area contributed by atoms with Gasteiger partial charge in [0.2, 0.25) is 0 Å². The van der Waals surface area contributed by atoms with E-state index in [1.165, 1.54) is 7.11 Å². The van der Waals surface area contributed by atoms with Crippen LogP contribution in [0.25, 0.3) is 0 Å². The second-order valence-corrected chi connectivity index (χ2v) is 4.32. The zero-order valence-electron chi connectivity index (χ0n) is 10.5. The molecule has 0 aromatic rings. The lowest BCUT2D eigenvalue weighted by atomic mass is 10.2. The van der Waals surface area contributed by atoms with E-state index >= 15 is 0 Å². The van der Waals surface area contributed by atoms with E-state index in [0.717, 1.165) is 39.1 Å².